The third-order valence-electron chi connectivity index (χ3n) is 3.16. The number of benzene rings is 1. The first-order valence-corrected chi connectivity index (χ1v) is 8.76. The Labute approximate surface area is 133 Å². The van der Waals surface area contributed by atoms with Gasteiger partial charge >= 0.3 is 0 Å². The van der Waals surface area contributed by atoms with E-state index >= 15 is 0 Å². The zero-order chi connectivity index (χ0) is 15.1. The number of aromatic nitrogens is 2. The minimum Gasteiger partial charge on any atom is -0.338 e. The van der Waals surface area contributed by atoms with Crippen molar-refractivity contribution in [3.63, 3.8) is 0 Å². The molecular formula is C15H19N3OS2. The molecular weight excluding hydrogens is 302 g/mol. The topological polar surface area (TPSA) is 46.1 Å². The first-order valence-electron chi connectivity index (χ1n) is 6.88. The summed E-state index contributed by atoms with van der Waals surface area (Å²) in [5, 5.41) is 0. The lowest BCUT2D eigenvalue weighted by molar-refractivity contribution is -0.128. The largest absolute Gasteiger partial charge is 0.338 e. The Morgan fingerprint density at radius 2 is 2.05 bits per heavy atom. The van der Waals surface area contributed by atoms with Crippen LogP contribution in [0.2, 0.25) is 0 Å². The standard InChI is InChI=1S/C15H19N3OS2/c1-3-18(9-13-7-5-4-6-8-13)15(19)11-20-10-14-12(2)16-21-17-14/h4-8H,3,9-11H2,1-2H3. The molecule has 0 aliphatic rings. The third kappa shape index (κ3) is 4.82. The van der Waals surface area contributed by atoms with Gasteiger partial charge in [0.05, 0.1) is 28.9 Å². The summed E-state index contributed by atoms with van der Waals surface area (Å²) in [6, 6.07) is 10.1. The molecule has 112 valence electrons. The van der Waals surface area contributed by atoms with Crippen molar-refractivity contribution in [2.75, 3.05) is 12.3 Å². The van der Waals surface area contributed by atoms with Gasteiger partial charge < -0.3 is 4.90 Å². The highest BCUT2D eigenvalue weighted by molar-refractivity contribution is 7.99. The van der Waals surface area contributed by atoms with E-state index in [4.69, 9.17) is 0 Å². The average molecular weight is 321 g/mol. The van der Waals surface area contributed by atoms with Gasteiger partial charge in [0.2, 0.25) is 5.91 Å². The molecule has 1 amide bonds. The van der Waals surface area contributed by atoms with Gasteiger partial charge in [0, 0.05) is 18.8 Å². The molecule has 2 rings (SSSR count). The Morgan fingerprint density at radius 3 is 2.67 bits per heavy atom. The summed E-state index contributed by atoms with van der Waals surface area (Å²) >= 11 is 2.83. The lowest BCUT2D eigenvalue weighted by atomic mass is 10.2. The smallest absolute Gasteiger partial charge is 0.232 e. The fourth-order valence-corrected chi connectivity index (χ4v) is 3.46. The molecule has 1 heterocycles. The van der Waals surface area contributed by atoms with E-state index in [2.05, 4.69) is 8.75 Å². The second kappa shape index (κ2) is 8.14. The summed E-state index contributed by atoms with van der Waals surface area (Å²) in [4.78, 5) is 14.1. The molecule has 0 bridgehead atoms. The van der Waals surface area contributed by atoms with Gasteiger partial charge in [-0.05, 0) is 19.4 Å². The first-order chi connectivity index (χ1) is 10.2. The number of carbonyl (C=O) groups excluding carboxylic acids is 1. The molecule has 0 N–H and O–H groups in total. The van der Waals surface area contributed by atoms with Crippen LogP contribution in [0.3, 0.4) is 0 Å². The van der Waals surface area contributed by atoms with Gasteiger partial charge in [0.15, 0.2) is 0 Å². The molecule has 0 unspecified atom stereocenters. The Morgan fingerprint density at radius 1 is 1.29 bits per heavy atom. The second-order valence-corrected chi connectivity index (χ2v) is 6.20. The van der Waals surface area contributed by atoms with E-state index < -0.39 is 0 Å². The maximum Gasteiger partial charge on any atom is 0.232 e. The van der Waals surface area contributed by atoms with Crippen LogP contribution in [0.5, 0.6) is 0 Å². The van der Waals surface area contributed by atoms with Crippen molar-refractivity contribution in [1.29, 1.82) is 0 Å². The van der Waals surface area contributed by atoms with E-state index in [0.717, 1.165) is 29.2 Å². The van der Waals surface area contributed by atoms with E-state index in [9.17, 15) is 4.79 Å². The van der Waals surface area contributed by atoms with E-state index in [1.807, 2.05) is 49.1 Å². The predicted octanol–water partition coefficient (Wildman–Crippen LogP) is 3.13. The van der Waals surface area contributed by atoms with Gasteiger partial charge in [-0.1, -0.05) is 30.3 Å². The van der Waals surface area contributed by atoms with Gasteiger partial charge in [-0.25, -0.2) is 0 Å². The van der Waals surface area contributed by atoms with Crippen LogP contribution in [0.4, 0.5) is 0 Å². The van der Waals surface area contributed by atoms with Crippen LogP contribution in [0.1, 0.15) is 23.9 Å². The number of amides is 1. The van der Waals surface area contributed by atoms with Crippen LogP contribution in [-0.2, 0) is 17.1 Å². The monoisotopic (exact) mass is 321 g/mol. The predicted molar refractivity (Wildman–Crippen MR) is 88.3 cm³/mol. The van der Waals surface area contributed by atoms with E-state index in [-0.39, 0.29) is 5.91 Å². The van der Waals surface area contributed by atoms with Crippen molar-refractivity contribution in [3.8, 4) is 0 Å². The Kier molecular flexibility index (Phi) is 6.20. The number of rotatable bonds is 7. The number of hydrogen-bond donors (Lipinski definition) is 0. The molecule has 0 aliphatic carbocycles. The number of thioether (sulfide) groups is 1. The zero-order valence-corrected chi connectivity index (χ0v) is 13.9. The number of hydrogen-bond acceptors (Lipinski definition) is 5. The van der Waals surface area contributed by atoms with Crippen molar-refractivity contribution in [1.82, 2.24) is 13.6 Å². The van der Waals surface area contributed by atoms with Crippen LogP contribution >= 0.6 is 23.5 Å². The fraction of sp³-hybridized carbons (Fsp3) is 0.400. The third-order valence-corrected chi connectivity index (χ3v) is 4.75. The minimum atomic E-state index is 0.173. The highest BCUT2D eigenvalue weighted by Crippen LogP contribution is 2.15. The molecule has 1 aromatic carbocycles. The molecule has 0 radical (unpaired) electrons. The number of carbonyl (C=O) groups is 1. The molecule has 21 heavy (non-hydrogen) atoms. The van der Waals surface area contributed by atoms with Crippen LogP contribution in [0.15, 0.2) is 30.3 Å². The second-order valence-electron chi connectivity index (χ2n) is 4.68. The van der Waals surface area contributed by atoms with Gasteiger partial charge in [-0.15, -0.1) is 11.8 Å². The highest BCUT2D eigenvalue weighted by atomic mass is 32.2. The van der Waals surface area contributed by atoms with Crippen LogP contribution in [0.25, 0.3) is 0 Å². The summed E-state index contributed by atoms with van der Waals surface area (Å²) < 4.78 is 8.37. The van der Waals surface area contributed by atoms with Gasteiger partial charge in [0.25, 0.3) is 0 Å². The van der Waals surface area contributed by atoms with Gasteiger partial charge in [0.1, 0.15) is 0 Å². The normalized spacial score (nSPS) is 10.6. The maximum atomic E-state index is 12.3. The Balaban J connectivity index is 1.81. The molecule has 4 nitrogen and oxygen atoms in total. The first kappa shape index (κ1) is 16.0. The number of aryl methyl sites for hydroxylation is 1. The molecule has 0 spiro atoms. The Hall–Kier alpha value is -1.40. The van der Waals surface area contributed by atoms with Crippen LogP contribution < -0.4 is 0 Å². The van der Waals surface area contributed by atoms with Crippen molar-refractivity contribution < 1.29 is 4.79 Å². The van der Waals surface area contributed by atoms with Crippen LogP contribution in [0, 0.1) is 6.92 Å². The Bertz CT molecular complexity index is 571. The SMILES string of the molecule is CCN(Cc1ccccc1)C(=O)CSCc1nsnc1C. The van der Waals surface area contributed by atoms with E-state index in [0.29, 0.717) is 12.3 Å². The molecule has 0 fully saturated rings. The van der Waals surface area contributed by atoms with Crippen molar-refractivity contribution in [2.24, 2.45) is 0 Å². The highest BCUT2D eigenvalue weighted by Gasteiger charge is 2.13. The average Bonchev–Trinajstić information content (AvgIpc) is 2.91. The van der Waals surface area contributed by atoms with Crippen molar-refractivity contribution in [2.45, 2.75) is 26.1 Å². The molecule has 6 heteroatoms. The molecule has 2 aromatic rings. The van der Waals surface area contributed by atoms with Gasteiger partial charge in [-0.3, -0.25) is 4.79 Å². The molecule has 0 aliphatic heterocycles. The summed E-state index contributed by atoms with van der Waals surface area (Å²) in [6.07, 6.45) is 0. The summed E-state index contributed by atoms with van der Waals surface area (Å²) in [5.74, 6) is 1.40. The lowest BCUT2D eigenvalue weighted by Crippen LogP contribution is -2.31. The molecule has 0 saturated carbocycles. The fourth-order valence-electron chi connectivity index (χ4n) is 1.89. The van der Waals surface area contributed by atoms with Crippen LogP contribution in [-0.4, -0.2) is 31.9 Å². The summed E-state index contributed by atoms with van der Waals surface area (Å²) in [5.41, 5.74) is 3.12. The quantitative estimate of drug-likeness (QED) is 0.786. The summed E-state index contributed by atoms with van der Waals surface area (Å²) in [6.45, 7) is 5.37. The van der Waals surface area contributed by atoms with Gasteiger partial charge in [-0.2, -0.15) is 8.75 Å². The number of nitrogens with zero attached hydrogens (tertiary/aromatic N) is 3. The summed E-state index contributed by atoms with van der Waals surface area (Å²) in [7, 11) is 0. The zero-order valence-electron chi connectivity index (χ0n) is 12.3. The van der Waals surface area contributed by atoms with E-state index in [1.54, 1.807) is 11.8 Å². The van der Waals surface area contributed by atoms with E-state index in [1.165, 1.54) is 11.7 Å². The van der Waals surface area contributed by atoms with Crippen molar-refractivity contribution >= 4 is 29.4 Å². The molecule has 1 aromatic heterocycles. The molecule has 0 saturated heterocycles. The maximum absolute atomic E-state index is 12.3. The lowest BCUT2D eigenvalue weighted by Gasteiger charge is -2.20. The molecule has 0 atom stereocenters. The van der Waals surface area contributed by atoms with Crippen molar-refractivity contribution in [3.05, 3.63) is 47.3 Å². The minimum absolute atomic E-state index is 0.173.